The van der Waals surface area contributed by atoms with Crippen LogP contribution in [0.5, 0.6) is 0 Å². The van der Waals surface area contributed by atoms with Crippen LogP contribution < -0.4 is 4.72 Å². The molecule has 5 heteroatoms. The number of nitrogens with one attached hydrogen (secondary N) is 1. The Morgan fingerprint density at radius 3 is 2.42 bits per heavy atom. The number of sulfonamides is 1. The molecular weight excluding hydrogens is 278 g/mol. The first-order valence-corrected chi connectivity index (χ1v) is 9.45. The van der Waals surface area contributed by atoms with Crippen LogP contribution in [0.2, 0.25) is 0 Å². The third kappa shape index (κ3) is 2.69. The Bertz CT molecular complexity index is 553. The number of rotatable bonds is 4. The van der Waals surface area contributed by atoms with Crippen LogP contribution in [0.25, 0.3) is 0 Å². The van der Waals surface area contributed by atoms with Crippen molar-refractivity contribution in [3.63, 3.8) is 0 Å². The Hall–Kier alpha value is -0.520. The maximum absolute atomic E-state index is 12.3. The number of hydrogen-bond donors (Lipinski definition) is 1. The summed E-state index contributed by atoms with van der Waals surface area (Å²) in [5.74, 6) is 1.31. The molecule has 104 valence electrons. The van der Waals surface area contributed by atoms with Gasteiger partial charge in [-0.05, 0) is 61.6 Å². The minimum atomic E-state index is -3.35. The molecule has 2 aliphatic rings. The van der Waals surface area contributed by atoms with Crippen LogP contribution in [0.1, 0.15) is 25.7 Å². The summed E-state index contributed by atoms with van der Waals surface area (Å²) >= 11 is 1.62. The van der Waals surface area contributed by atoms with Crippen LogP contribution in [0.4, 0.5) is 0 Å². The van der Waals surface area contributed by atoms with Crippen LogP contribution in [-0.2, 0) is 10.0 Å². The van der Waals surface area contributed by atoms with Crippen molar-refractivity contribution < 1.29 is 8.42 Å². The fourth-order valence-corrected chi connectivity index (χ4v) is 5.14. The van der Waals surface area contributed by atoms with Gasteiger partial charge in [-0.2, -0.15) is 0 Å². The molecule has 19 heavy (non-hydrogen) atoms. The van der Waals surface area contributed by atoms with E-state index in [1.807, 2.05) is 18.4 Å². The smallest absolute Gasteiger partial charge is 0.208 e. The third-order valence-electron chi connectivity index (χ3n) is 4.41. The van der Waals surface area contributed by atoms with Crippen LogP contribution in [0.15, 0.2) is 34.1 Å². The molecule has 0 heterocycles. The standard InChI is InChI=1S/C14H19NO2S2/c1-18-12-4-6-13(7-5-12)19(16,17)15-14-9-10-2-3-11(14)8-10/h4-7,10-11,14-15H,2-3,8-9H2,1H3/t10-,11-,14-/m0/s1. The minimum absolute atomic E-state index is 0.156. The predicted molar refractivity (Wildman–Crippen MR) is 77.8 cm³/mol. The molecule has 2 saturated carbocycles. The van der Waals surface area contributed by atoms with Crippen molar-refractivity contribution in [1.29, 1.82) is 0 Å². The molecule has 0 amide bonds. The van der Waals surface area contributed by atoms with E-state index in [2.05, 4.69) is 4.72 Å². The monoisotopic (exact) mass is 297 g/mol. The van der Waals surface area contributed by atoms with Crippen LogP contribution >= 0.6 is 11.8 Å². The Kier molecular flexibility index (Phi) is 3.62. The zero-order valence-electron chi connectivity index (χ0n) is 11.0. The number of fused-ring (bicyclic) bond motifs is 2. The highest BCUT2D eigenvalue weighted by molar-refractivity contribution is 7.98. The fourth-order valence-electron chi connectivity index (χ4n) is 3.41. The van der Waals surface area contributed by atoms with Crippen molar-refractivity contribution in [2.45, 2.75) is 41.5 Å². The lowest BCUT2D eigenvalue weighted by Crippen LogP contribution is -2.38. The molecule has 0 aliphatic heterocycles. The zero-order valence-corrected chi connectivity index (χ0v) is 12.6. The molecule has 0 radical (unpaired) electrons. The summed E-state index contributed by atoms with van der Waals surface area (Å²) < 4.78 is 27.6. The molecule has 3 rings (SSSR count). The van der Waals surface area contributed by atoms with Crippen molar-refractivity contribution >= 4 is 21.8 Å². The third-order valence-corrected chi connectivity index (χ3v) is 6.66. The molecule has 0 spiro atoms. The summed E-state index contributed by atoms with van der Waals surface area (Å²) in [6.45, 7) is 0. The second-order valence-electron chi connectivity index (χ2n) is 5.58. The van der Waals surface area contributed by atoms with E-state index in [0.717, 1.165) is 17.2 Å². The number of hydrogen-bond acceptors (Lipinski definition) is 3. The minimum Gasteiger partial charge on any atom is -0.208 e. The molecule has 1 aromatic rings. The van der Waals surface area contributed by atoms with Crippen LogP contribution in [-0.4, -0.2) is 20.7 Å². The lowest BCUT2D eigenvalue weighted by Gasteiger charge is -2.22. The molecule has 0 unspecified atom stereocenters. The lowest BCUT2D eigenvalue weighted by molar-refractivity contribution is 0.390. The average Bonchev–Trinajstić information content (AvgIpc) is 3.00. The van der Waals surface area contributed by atoms with Crippen molar-refractivity contribution in [3.8, 4) is 0 Å². The predicted octanol–water partition coefficient (Wildman–Crippen LogP) is 2.88. The van der Waals surface area contributed by atoms with E-state index in [4.69, 9.17) is 0 Å². The molecule has 2 bridgehead atoms. The highest BCUT2D eigenvalue weighted by Crippen LogP contribution is 2.44. The first-order chi connectivity index (χ1) is 9.08. The van der Waals surface area contributed by atoms with Gasteiger partial charge in [0.2, 0.25) is 10.0 Å². The van der Waals surface area contributed by atoms with Gasteiger partial charge in [-0.1, -0.05) is 6.42 Å². The Labute approximate surface area is 119 Å². The second-order valence-corrected chi connectivity index (χ2v) is 8.17. The van der Waals surface area contributed by atoms with E-state index in [1.165, 1.54) is 19.3 Å². The maximum atomic E-state index is 12.3. The van der Waals surface area contributed by atoms with Gasteiger partial charge < -0.3 is 0 Å². The fraction of sp³-hybridized carbons (Fsp3) is 0.571. The lowest BCUT2D eigenvalue weighted by atomic mass is 9.96. The van der Waals surface area contributed by atoms with Gasteiger partial charge in [0.05, 0.1) is 4.90 Å². The van der Waals surface area contributed by atoms with Crippen molar-refractivity contribution in [3.05, 3.63) is 24.3 Å². The maximum Gasteiger partial charge on any atom is 0.240 e. The van der Waals surface area contributed by atoms with E-state index in [0.29, 0.717) is 10.8 Å². The van der Waals surface area contributed by atoms with Gasteiger partial charge in [0.25, 0.3) is 0 Å². The molecular formula is C14H19NO2S2. The summed E-state index contributed by atoms with van der Waals surface area (Å²) in [5, 5.41) is 0. The molecule has 3 nitrogen and oxygen atoms in total. The summed E-state index contributed by atoms with van der Waals surface area (Å²) in [7, 11) is -3.35. The van der Waals surface area contributed by atoms with E-state index in [9.17, 15) is 8.42 Å². The van der Waals surface area contributed by atoms with E-state index in [1.54, 1.807) is 23.9 Å². The number of thioether (sulfide) groups is 1. The topological polar surface area (TPSA) is 46.2 Å². The Morgan fingerprint density at radius 2 is 1.89 bits per heavy atom. The Morgan fingerprint density at radius 1 is 1.16 bits per heavy atom. The highest BCUT2D eigenvalue weighted by atomic mass is 32.2. The van der Waals surface area contributed by atoms with Gasteiger partial charge in [0.1, 0.15) is 0 Å². The normalized spacial score (nSPS) is 29.8. The summed E-state index contributed by atoms with van der Waals surface area (Å²) in [6.07, 6.45) is 6.68. The molecule has 3 atom stereocenters. The van der Waals surface area contributed by atoms with Gasteiger partial charge >= 0.3 is 0 Å². The van der Waals surface area contributed by atoms with Crippen molar-refractivity contribution in [2.75, 3.05) is 6.26 Å². The molecule has 1 aromatic carbocycles. The first-order valence-electron chi connectivity index (χ1n) is 6.75. The average molecular weight is 297 g/mol. The van der Waals surface area contributed by atoms with E-state index >= 15 is 0 Å². The van der Waals surface area contributed by atoms with Gasteiger partial charge in [0, 0.05) is 10.9 Å². The summed E-state index contributed by atoms with van der Waals surface area (Å²) in [5.41, 5.74) is 0. The zero-order chi connectivity index (χ0) is 13.5. The molecule has 0 aromatic heterocycles. The van der Waals surface area contributed by atoms with Gasteiger partial charge in [-0.25, -0.2) is 13.1 Å². The van der Waals surface area contributed by atoms with Crippen molar-refractivity contribution in [2.24, 2.45) is 11.8 Å². The molecule has 1 N–H and O–H groups in total. The molecule has 2 aliphatic carbocycles. The largest absolute Gasteiger partial charge is 0.240 e. The SMILES string of the molecule is CSc1ccc(S(=O)(=O)N[C@H]2C[C@H]3CC[C@H]2C3)cc1. The summed E-state index contributed by atoms with van der Waals surface area (Å²) in [4.78, 5) is 1.46. The van der Waals surface area contributed by atoms with Crippen LogP contribution in [0, 0.1) is 11.8 Å². The first kappa shape index (κ1) is 13.5. The van der Waals surface area contributed by atoms with E-state index < -0.39 is 10.0 Å². The summed E-state index contributed by atoms with van der Waals surface area (Å²) in [6, 6.07) is 7.27. The van der Waals surface area contributed by atoms with Gasteiger partial charge in [0.15, 0.2) is 0 Å². The van der Waals surface area contributed by atoms with Crippen molar-refractivity contribution in [1.82, 2.24) is 4.72 Å². The van der Waals surface area contributed by atoms with E-state index in [-0.39, 0.29) is 6.04 Å². The highest BCUT2D eigenvalue weighted by Gasteiger charge is 2.41. The second kappa shape index (κ2) is 5.11. The van der Waals surface area contributed by atoms with Gasteiger partial charge in [-0.3, -0.25) is 0 Å². The number of benzene rings is 1. The van der Waals surface area contributed by atoms with Crippen LogP contribution in [0.3, 0.4) is 0 Å². The molecule has 0 saturated heterocycles. The quantitative estimate of drug-likeness (QED) is 0.869. The van der Waals surface area contributed by atoms with Gasteiger partial charge in [-0.15, -0.1) is 11.8 Å². The molecule has 2 fully saturated rings. The Balaban J connectivity index is 1.75.